The molecule has 2 rings (SSSR count). The highest BCUT2D eigenvalue weighted by Gasteiger charge is 2.23. The molecule has 2 atom stereocenters. The van der Waals surface area contributed by atoms with Gasteiger partial charge in [0.1, 0.15) is 5.15 Å². The third-order valence-electron chi connectivity index (χ3n) is 4.29. The molecule has 4 nitrogen and oxygen atoms in total. The second kappa shape index (κ2) is 6.17. The van der Waals surface area contributed by atoms with Gasteiger partial charge >= 0.3 is 5.69 Å². The smallest absolute Gasteiger partial charge is 0.297 e. The molecule has 1 N–H and O–H groups in total. The van der Waals surface area contributed by atoms with Crippen molar-refractivity contribution in [3.63, 3.8) is 0 Å². The van der Waals surface area contributed by atoms with Crippen molar-refractivity contribution < 1.29 is 0 Å². The van der Waals surface area contributed by atoms with Crippen molar-refractivity contribution in [1.29, 1.82) is 0 Å². The lowest BCUT2D eigenvalue weighted by atomic mass is 10.0. The summed E-state index contributed by atoms with van der Waals surface area (Å²) < 4.78 is 1.40. The fourth-order valence-corrected chi connectivity index (χ4v) is 3.47. The minimum absolute atomic E-state index is 0.00259. The number of nitrogens with one attached hydrogen (secondary N) is 1. The van der Waals surface area contributed by atoms with Crippen LogP contribution in [0.3, 0.4) is 0 Å². The van der Waals surface area contributed by atoms with Gasteiger partial charge in [0.2, 0.25) is 0 Å². The number of H-pyrrole nitrogens is 1. The summed E-state index contributed by atoms with van der Waals surface area (Å²) >= 11 is 6.03. The van der Waals surface area contributed by atoms with E-state index in [9.17, 15) is 9.59 Å². The summed E-state index contributed by atoms with van der Waals surface area (Å²) in [6.07, 6.45) is 5.09. The second-order valence-electron chi connectivity index (χ2n) is 6.25. The molecule has 20 heavy (non-hydrogen) atoms. The molecular weight excluding hydrogens is 276 g/mol. The first-order valence-electron chi connectivity index (χ1n) is 7.46. The SMILES string of the molecule is CC1CCCC(n2c(=O)[nH]c(Cl)c(C(C)C)c2=O)CC1. The molecule has 0 bridgehead atoms. The Bertz CT molecular complexity index is 589. The van der Waals surface area contributed by atoms with Crippen LogP contribution in [0.5, 0.6) is 0 Å². The molecule has 0 spiro atoms. The number of rotatable bonds is 2. The Labute approximate surface area is 124 Å². The minimum atomic E-state index is -0.371. The Morgan fingerprint density at radius 2 is 1.90 bits per heavy atom. The monoisotopic (exact) mass is 298 g/mol. The molecule has 0 saturated heterocycles. The first kappa shape index (κ1) is 15.4. The molecule has 1 aromatic heterocycles. The molecule has 112 valence electrons. The number of aromatic nitrogens is 2. The van der Waals surface area contributed by atoms with E-state index in [1.807, 2.05) is 13.8 Å². The lowest BCUT2D eigenvalue weighted by Gasteiger charge is -2.19. The maximum absolute atomic E-state index is 12.6. The van der Waals surface area contributed by atoms with Crippen molar-refractivity contribution in [2.45, 2.75) is 64.8 Å². The van der Waals surface area contributed by atoms with Crippen LogP contribution in [0.1, 0.15) is 70.4 Å². The van der Waals surface area contributed by atoms with E-state index in [2.05, 4.69) is 11.9 Å². The summed E-state index contributed by atoms with van der Waals surface area (Å²) in [7, 11) is 0. The van der Waals surface area contributed by atoms with Crippen molar-refractivity contribution in [1.82, 2.24) is 9.55 Å². The van der Waals surface area contributed by atoms with Crippen LogP contribution in [-0.2, 0) is 0 Å². The van der Waals surface area contributed by atoms with Gasteiger partial charge in [-0.25, -0.2) is 4.79 Å². The van der Waals surface area contributed by atoms with E-state index in [0.717, 1.165) is 25.7 Å². The fourth-order valence-electron chi connectivity index (χ4n) is 3.10. The van der Waals surface area contributed by atoms with Crippen LogP contribution in [0.15, 0.2) is 9.59 Å². The Morgan fingerprint density at radius 3 is 2.55 bits per heavy atom. The highest BCUT2D eigenvalue weighted by molar-refractivity contribution is 6.30. The number of nitrogens with zero attached hydrogens (tertiary/aromatic N) is 1. The molecular formula is C15H23ClN2O2. The van der Waals surface area contributed by atoms with Gasteiger partial charge in [0.05, 0.1) is 5.56 Å². The van der Waals surface area contributed by atoms with E-state index < -0.39 is 0 Å². The van der Waals surface area contributed by atoms with Gasteiger partial charge in [-0.1, -0.05) is 45.2 Å². The van der Waals surface area contributed by atoms with E-state index in [0.29, 0.717) is 11.5 Å². The van der Waals surface area contributed by atoms with Crippen molar-refractivity contribution in [2.24, 2.45) is 5.92 Å². The Balaban J connectivity index is 2.48. The molecule has 1 fully saturated rings. The maximum Gasteiger partial charge on any atom is 0.329 e. The first-order valence-corrected chi connectivity index (χ1v) is 7.83. The summed E-state index contributed by atoms with van der Waals surface area (Å²) in [6.45, 7) is 6.07. The molecule has 1 aliphatic carbocycles. The third kappa shape index (κ3) is 3.00. The highest BCUT2D eigenvalue weighted by Crippen LogP contribution is 2.29. The molecule has 5 heteroatoms. The van der Waals surface area contributed by atoms with Crippen LogP contribution in [0, 0.1) is 5.92 Å². The summed E-state index contributed by atoms with van der Waals surface area (Å²) in [4.78, 5) is 27.4. The Kier molecular flexibility index (Phi) is 4.74. The average molecular weight is 299 g/mol. The van der Waals surface area contributed by atoms with Gasteiger partial charge in [-0.15, -0.1) is 0 Å². The number of halogens is 1. The molecule has 0 radical (unpaired) electrons. The zero-order chi connectivity index (χ0) is 14.9. The predicted molar refractivity (Wildman–Crippen MR) is 81.7 cm³/mol. The molecule has 1 heterocycles. The van der Waals surface area contributed by atoms with Crippen molar-refractivity contribution >= 4 is 11.6 Å². The van der Waals surface area contributed by atoms with Crippen molar-refractivity contribution in [3.05, 3.63) is 31.6 Å². The van der Waals surface area contributed by atoms with Gasteiger partial charge in [-0.3, -0.25) is 14.3 Å². The zero-order valence-corrected chi connectivity index (χ0v) is 13.2. The maximum atomic E-state index is 12.6. The largest absolute Gasteiger partial charge is 0.329 e. The molecule has 0 aromatic carbocycles. The van der Waals surface area contributed by atoms with Gasteiger partial charge in [0.25, 0.3) is 5.56 Å². The topological polar surface area (TPSA) is 54.9 Å². The van der Waals surface area contributed by atoms with Crippen LogP contribution in [0.25, 0.3) is 0 Å². The fraction of sp³-hybridized carbons (Fsp3) is 0.733. The van der Waals surface area contributed by atoms with Crippen LogP contribution >= 0.6 is 11.6 Å². The standard InChI is InChI=1S/C15H23ClN2O2/c1-9(2)12-13(16)17-15(20)18(14(12)19)11-6-4-5-10(3)7-8-11/h9-11H,4-8H2,1-3H3,(H,17,20). The molecule has 1 aromatic rings. The predicted octanol–water partition coefficient (Wildman–Crippen LogP) is 3.45. The Hall–Kier alpha value is -1.03. The van der Waals surface area contributed by atoms with Crippen molar-refractivity contribution in [2.75, 3.05) is 0 Å². The third-order valence-corrected chi connectivity index (χ3v) is 4.59. The quantitative estimate of drug-likeness (QED) is 0.671. The Morgan fingerprint density at radius 1 is 1.20 bits per heavy atom. The summed E-state index contributed by atoms with van der Waals surface area (Å²) in [5.41, 5.74) is -0.0687. The second-order valence-corrected chi connectivity index (χ2v) is 6.63. The molecule has 2 unspecified atom stereocenters. The molecule has 0 aliphatic heterocycles. The number of aromatic amines is 1. The number of hydrogen-bond donors (Lipinski definition) is 1. The summed E-state index contributed by atoms with van der Waals surface area (Å²) in [5, 5.41) is 0.188. The van der Waals surface area contributed by atoms with Crippen LogP contribution in [0.4, 0.5) is 0 Å². The normalized spacial score (nSPS) is 23.9. The lowest BCUT2D eigenvalue weighted by Crippen LogP contribution is -2.40. The highest BCUT2D eigenvalue weighted by atomic mass is 35.5. The number of hydrogen-bond acceptors (Lipinski definition) is 2. The average Bonchev–Trinajstić information content (AvgIpc) is 2.53. The van der Waals surface area contributed by atoms with Crippen LogP contribution in [0.2, 0.25) is 5.15 Å². The van der Waals surface area contributed by atoms with Crippen LogP contribution < -0.4 is 11.2 Å². The summed E-state index contributed by atoms with van der Waals surface area (Å²) in [5.74, 6) is 0.675. The molecule has 0 amide bonds. The first-order chi connectivity index (χ1) is 9.41. The van der Waals surface area contributed by atoms with Crippen LogP contribution in [-0.4, -0.2) is 9.55 Å². The van der Waals surface area contributed by atoms with E-state index in [4.69, 9.17) is 11.6 Å². The van der Waals surface area contributed by atoms with Gasteiger partial charge in [-0.2, -0.15) is 0 Å². The van der Waals surface area contributed by atoms with Gasteiger partial charge in [-0.05, 0) is 31.1 Å². The van der Waals surface area contributed by atoms with Crippen molar-refractivity contribution in [3.8, 4) is 0 Å². The van der Waals surface area contributed by atoms with Gasteiger partial charge in [0, 0.05) is 6.04 Å². The van der Waals surface area contributed by atoms with E-state index in [1.165, 1.54) is 11.0 Å². The molecule has 1 aliphatic rings. The molecule has 1 saturated carbocycles. The van der Waals surface area contributed by atoms with Gasteiger partial charge < -0.3 is 0 Å². The summed E-state index contributed by atoms with van der Waals surface area (Å²) in [6, 6.07) is 0.00552. The lowest BCUT2D eigenvalue weighted by molar-refractivity contribution is 0.404. The van der Waals surface area contributed by atoms with E-state index in [1.54, 1.807) is 0 Å². The zero-order valence-electron chi connectivity index (χ0n) is 12.4. The van der Waals surface area contributed by atoms with E-state index in [-0.39, 0.29) is 28.4 Å². The van der Waals surface area contributed by atoms with Gasteiger partial charge in [0.15, 0.2) is 0 Å². The minimum Gasteiger partial charge on any atom is -0.297 e. The van der Waals surface area contributed by atoms with E-state index >= 15 is 0 Å².